The number of benzene rings is 1. The quantitative estimate of drug-likeness (QED) is 0.407. The molecule has 0 aliphatic carbocycles. The summed E-state index contributed by atoms with van der Waals surface area (Å²) in [5, 5.41) is 15.9. The normalized spacial score (nSPS) is 11.8. The van der Waals surface area contributed by atoms with Crippen LogP contribution in [-0.2, 0) is 16.0 Å². The standard InChI is InChI=1S/C20H23N5O4S/c1-4-29-20(27)13(2)30-18-10-9-16-22-23-17(25(16)24-18)11-12-21-19(26)14-5-7-15(28-3)8-6-14/h5-10,13H,4,11-12H2,1-3H3,(H,21,26). The predicted octanol–water partition coefficient (Wildman–Crippen LogP) is 2.15. The van der Waals surface area contributed by atoms with Crippen molar-refractivity contribution < 1.29 is 19.1 Å². The maximum Gasteiger partial charge on any atom is 0.319 e. The second-order valence-electron chi connectivity index (χ2n) is 6.30. The van der Waals surface area contributed by atoms with Gasteiger partial charge < -0.3 is 14.8 Å². The Morgan fingerprint density at radius 3 is 2.63 bits per heavy atom. The smallest absolute Gasteiger partial charge is 0.319 e. The highest BCUT2D eigenvalue weighted by molar-refractivity contribution is 8.00. The summed E-state index contributed by atoms with van der Waals surface area (Å²) in [6, 6.07) is 10.5. The summed E-state index contributed by atoms with van der Waals surface area (Å²) in [7, 11) is 1.58. The number of thioether (sulfide) groups is 1. The van der Waals surface area contributed by atoms with Crippen LogP contribution in [0.15, 0.2) is 41.4 Å². The molecule has 158 valence electrons. The van der Waals surface area contributed by atoms with E-state index in [9.17, 15) is 9.59 Å². The topological polar surface area (TPSA) is 108 Å². The van der Waals surface area contributed by atoms with Gasteiger partial charge in [0, 0.05) is 18.5 Å². The minimum Gasteiger partial charge on any atom is -0.497 e. The first kappa shape index (κ1) is 21.6. The average Bonchev–Trinajstić information content (AvgIpc) is 3.16. The third-order valence-corrected chi connectivity index (χ3v) is 5.21. The molecule has 2 aromatic heterocycles. The first-order valence-electron chi connectivity index (χ1n) is 9.48. The number of hydrogen-bond acceptors (Lipinski definition) is 8. The number of rotatable bonds is 9. The van der Waals surface area contributed by atoms with Gasteiger partial charge in [0.05, 0.1) is 13.7 Å². The van der Waals surface area contributed by atoms with Crippen molar-refractivity contribution >= 4 is 29.3 Å². The predicted molar refractivity (Wildman–Crippen MR) is 112 cm³/mol. The summed E-state index contributed by atoms with van der Waals surface area (Å²) >= 11 is 1.31. The fourth-order valence-electron chi connectivity index (χ4n) is 2.66. The number of esters is 1. The van der Waals surface area contributed by atoms with Crippen LogP contribution < -0.4 is 10.1 Å². The molecule has 10 heteroatoms. The second kappa shape index (κ2) is 10.1. The number of hydrogen-bond donors (Lipinski definition) is 1. The molecule has 0 saturated carbocycles. The van der Waals surface area contributed by atoms with Crippen molar-refractivity contribution in [3.63, 3.8) is 0 Å². The molecule has 0 radical (unpaired) electrons. The van der Waals surface area contributed by atoms with Crippen molar-refractivity contribution in [2.24, 2.45) is 0 Å². The van der Waals surface area contributed by atoms with E-state index in [1.165, 1.54) is 11.8 Å². The summed E-state index contributed by atoms with van der Waals surface area (Å²) in [6.45, 7) is 4.27. The van der Waals surface area contributed by atoms with Gasteiger partial charge >= 0.3 is 5.97 Å². The van der Waals surface area contributed by atoms with Crippen molar-refractivity contribution in [1.82, 2.24) is 25.1 Å². The molecule has 0 aliphatic rings. The highest BCUT2D eigenvalue weighted by Gasteiger charge is 2.17. The molecule has 0 aliphatic heterocycles. The van der Waals surface area contributed by atoms with Crippen LogP contribution in [0.25, 0.3) is 5.65 Å². The minimum absolute atomic E-state index is 0.182. The van der Waals surface area contributed by atoms with Crippen LogP contribution in [0.2, 0.25) is 0 Å². The lowest BCUT2D eigenvalue weighted by molar-refractivity contribution is -0.142. The summed E-state index contributed by atoms with van der Waals surface area (Å²) in [5.74, 6) is 0.846. The SMILES string of the molecule is CCOC(=O)C(C)Sc1ccc2nnc(CCNC(=O)c3ccc(OC)cc3)n2n1. The molecule has 0 saturated heterocycles. The van der Waals surface area contributed by atoms with Crippen molar-refractivity contribution in [1.29, 1.82) is 0 Å². The highest BCUT2D eigenvalue weighted by Crippen LogP contribution is 2.22. The van der Waals surface area contributed by atoms with Gasteiger partial charge in [-0.25, -0.2) is 0 Å². The van der Waals surface area contributed by atoms with E-state index in [-0.39, 0.29) is 17.1 Å². The van der Waals surface area contributed by atoms with E-state index in [2.05, 4.69) is 20.6 Å². The number of aromatic nitrogens is 4. The second-order valence-corrected chi connectivity index (χ2v) is 7.67. The maximum atomic E-state index is 12.3. The van der Waals surface area contributed by atoms with E-state index < -0.39 is 0 Å². The minimum atomic E-state index is -0.376. The molecule has 1 N–H and O–H groups in total. The van der Waals surface area contributed by atoms with Crippen LogP contribution in [0.3, 0.4) is 0 Å². The van der Waals surface area contributed by atoms with E-state index in [4.69, 9.17) is 9.47 Å². The average molecular weight is 430 g/mol. The van der Waals surface area contributed by atoms with Crippen molar-refractivity contribution in [3.8, 4) is 5.75 Å². The first-order valence-corrected chi connectivity index (χ1v) is 10.4. The molecule has 1 unspecified atom stereocenters. The third-order valence-electron chi connectivity index (χ3n) is 4.21. The number of nitrogens with zero attached hydrogens (tertiary/aromatic N) is 4. The van der Waals surface area contributed by atoms with Crippen LogP contribution in [0.1, 0.15) is 30.0 Å². The van der Waals surface area contributed by atoms with Crippen LogP contribution in [0.5, 0.6) is 5.75 Å². The zero-order valence-electron chi connectivity index (χ0n) is 17.0. The maximum absolute atomic E-state index is 12.3. The first-order chi connectivity index (χ1) is 14.5. The number of nitrogens with one attached hydrogen (secondary N) is 1. The monoisotopic (exact) mass is 429 g/mol. The van der Waals surface area contributed by atoms with E-state index >= 15 is 0 Å². The zero-order chi connectivity index (χ0) is 21.5. The Bertz CT molecular complexity index is 1020. The van der Waals surface area contributed by atoms with Gasteiger partial charge in [-0.15, -0.1) is 10.2 Å². The molecule has 1 amide bonds. The lowest BCUT2D eigenvalue weighted by Crippen LogP contribution is -2.26. The zero-order valence-corrected chi connectivity index (χ0v) is 17.8. The van der Waals surface area contributed by atoms with Gasteiger partial charge in [-0.3, -0.25) is 9.59 Å². The number of carbonyl (C=O) groups excluding carboxylic acids is 2. The van der Waals surface area contributed by atoms with Gasteiger partial charge in [-0.05, 0) is 50.2 Å². The Labute approximate surface area is 178 Å². The molecule has 9 nitrogen and oxygen atoms in total. The van der Waals surface area contributed by atoms with Gasteiger partial charge in [0.2, 0.25) is 0 Å². The lowest BCUT2D eigenvalue weighted by Gasteiger charge is -2.09. The Hall–Kier alpha value is -3.14. The number of carbonyl (C=O) groups is 2. The Morgan fingerprint density at radius 1 is 1.17 bits per heavy atom. The highest BCUT2D eigenvalue weighted by atomic mass is 32.2. The lowest BCUT2D eigenvalue weighted by atomic mass is 10.2. The summed E-state index contributed by atoms with van der Waals surface area (Å²) in [5.41, 5.74) is 1.14. The Morgan fingerprint density at radius 2 is 1.93 bits per heavy atom. The largest absolute Gasteiger partial charge is 0.497 e. The van der Waals surface area contributed by atoms with Gasteiger partial charge in [0.1, 0.15) is 16.0 Å². The van der Waals surface area contributed by atoms with Crippen LogP contribution >= 0.6 is 11.8 Å². The Kier molecular flexibility index (Phi) is 7.23. The molecule has 0 bridgehead atoms. The summed E-state index contributed by atoms with van der Waals surface area (Å²) in [6.07, 6.45) is 0.456. The molecule has 30 heavy (non-hydrogen) atoms. The molecule has 3 aromatic rings. The molecule has 1 atom stereocenters. The van der Waals surface area contributed by atoms with Crippen LogP contribution in [0.4, 0.5) is 0 Å². The molecule has 3 rings (SSSR count). The fraction of sp³-hybridized carbons (Fsp3) is 0.350. The number of fused-ring (bicyclic) bond motifs is 1. The van der Waals surface area contributed by atoms with Crippen molar-refractivity contribution in [2.75, 3.05) is 20.3 Å². The molecular weight excluding hydrogens is 406 g/mol. The van der Waals surface area contributed by atoms with E-state index in [0.29, 0.717) is 47.4 Å². The molecular formula is C20H23N5O4S. The molecule has 0 spiro atoms. The number of methoxy groups -OCH3 is 1. The van der Waals surface area contributed by atoms with Gasteiger partial charge in [-0.1, -0.05) is 11.8 Å². The van der Waals surface area contributed by atoms with Crippen LogP contribution in [0, 0.1) is 0 Å². The molecule has 1 aromatic carbocycles. The van der Waals surface area contributed by atoms with E-state index in [0.717, 1.165) is 0 Å². The van der Waals surface area contributed by atoms with Crippen molar-refractivity contribution in [2.45, 2.75) is 30.5 Å². The summed E-state index contributed by atoms with van der Waals surface area (Å²) in [4.78, 5) is 24.1. The molecule has 0 fully saturated rings. The van der Waals surface area contributed by atoms with Crippen molar-refractivity contribution in [3.05, 3.63) is 47.8 Å². The van der Waals surface area contributed by atoms with Gasteiger partial charge in [-0.2, -0.15) is 9.61 Å². The fourth-order valence-corrected chi connectivity index (χ4v) is 3.46. The number of ether oxygens (including phenoxy) is 2. The van der Waals surface area contributed by atoms with Gasteiger partial charge in [0.25, 0.3) is 5.91 Å². The Balaban J connectivity index is 1.61. The van der Waals surface area contributed by atoms with E-state index in [1.807, 2.05) is 0 Å². The summed E-state index contributed by atoms with van der Waals surface area (Å²) < 4.78 is 11.8. The van der Waals surface area contributed by atoms with E-state index in [1.54, 1.807) is 61.9 Å². The third kappa shape index (κ3) is 5.26. The van der Waals surface area contributed by atoms with Gasteiger partial charge in [0.15, 0.2) is 11.5 Å². The number of amides is 1. The van der Waals surface area contributed by atoms with Crippen LogP contribution in [-0.4, -0.2) is 57.2 Å². The molecule has 2 heterocycles.